The normalized spacial score (nSPS) is 21.5. The van der Waals surface area contributed by atoms with Gasteiger partial charge in [-0.2, -0.15) is 0 Å². The number of carbonyl (C=O) groups is 1. The molecule has 1 amide bonds. The van der Waals surface area contributed by atoms with Crippen LogP contribution in [0.2, 0.25) is 0 Å². The average molecular weight is 337 g/mol. The van der Waals surface area contributed by atoms with Gasteiger partial charge in [0.25, 0.3) is 0 Å². The van der Waals surface area contributed by atoms with Crippen molar-refractivity contribution in [2.45, 2.75) is 19.9 Å². The molecule has 0 unspecified atom stereocenters. The Bertz CT molecular complexity index is 465. The number of benzene rings is 1. The van der Waals surface area contributed by atoms with Crippen LogP contribution in [0, 0.1) is 5.41 Å². The molecule has 1 aromatic rings. The van der Waals surface area contributed by atoms with Gasteiger partial charge >= 0.3 is 6.09 Å². The molecule has 4 nitrogen and oxygen atoms in total. The van der Waals surface area contributed by atoms with Crippen LogP contribution in [0.15, 0.2) is 22.7 Å². The summed E-state index contributed by atoms with van der Waals surface area (Å²) in [5.74, 6) is 0.160. The summed E-state index contributed by atoms with van der Waals surface area (Å²) >= 11 is 3.27. The van der Waals surface area contributed by atoms with Crippen LogP contribution in [0.3, 0.4) is 0 Å². The first kappa shape index (κ1) is 15.1. The van der Waals surface area contributed by atoms with Crippen LogP contribution in [0.25, 0.3) is 0 Å². The maximum absolute atomic E-state index is 11.3. The molecule has 1 aliphatic heterocycles. The van der Waals surface area contributed by atoms with Gasteiger partial charge in [-0.1, -0.05) is 26.0 Å². The number of phenolic OH excluding ortho intramolecular Hbond substituents is 1. The zero-order chi connectivity index (χ0) is 12.6. The molecule has 0 spiro atoms. The summed E-state index contributed by atoms with van der Waals surface area (Å²) < 4.78 is 5.59. The summed E-state index contributed by atoms with van der Waals surface area (Å²) in [6.45, 7) is 4.30. The molecule has 6 heteroatoms. The van der Waals surface area contributed by atoms with Gasteiger partial charge < -0.3 is 15.2 Å². The maximum atomic E-state index is 11.3. The number of halogens is 2. The quantitative estimate of drug-likeness (QED) is 0.826. The molecule has 1 aromatic carbocycles. The van der Waals surface area contributed by atoms with E-state index in [9.17, 15) is 9.90 Å². The van der Waals surface area contributed by atoms with Gasteiger partial charge in [-0.3, -0.25) is 0 Å². The van der Waals surface area contributed by atoms with Crippen LogP contribution in [0.5, 0.6) is 5.75 Å². The number of nitrogens with one attached hydrogen (secondary N) is 1. The van der Waals surface area contributed by atoms with Gasteiger partial charge in [-0.25, -0.2) is 4.79 Å². The Kier molecular flexibility index (Phi) is 4.50. The van der Waals surface area contributed by atoms with E-state index in [1.54, 1.807) is 12.1 Å². The van der Waals surface area contributed by atoms with Crippen LogP contribution in [0.4, 0.5) is 4.79 Å². The SMILES string of the molecule is CC1(C)COC(=O)N[C@@H]1c1cccc(Br)c1O.Cl. The fourth-order valence-electron chi connectivity index (χ4n) is 1.95. The molecule has 0 bridgehead atoms. The Labute approximate surface area is 120 Å². The molecule has 0 aliphatic carbocycles. The number of alkyl carbamates (subject to hydrolysis) is 1. The number of phenols is 1. The van der Waals surface area contributed by atoms with Crippen molar-refractivity contribution in [3.8, 4) is 5.75 Å². The molecular weight excluding hydrogens is 321 g/mol. The molecule has 1 saturated heterocycles. The predicted molar refractivity (Wildman–Crippen MR) is 74.1 cm³/mol. The van der Waals surface area contributed by atoms with Gasteiger partial charge in [-0.15, -0.1) is 12.4 Å². The lowest BCUT2D eigenvalue weighted by Crippen LogP contribution is -2.46. The van der Waals surface area contributed by atoms with Crippen molar-refractivity contribution in [3.05, 3.63) is 28.2 Å². The van der Waals surface area contributed by atoms with E-state index in [-0.39, 0.29) is 29.6 Å². The lowest BCUT2D eigenvalue weighted by atomic mass is 9.80. The molecule has 100 valence electrons. The molecule has 2 rings (SSSR count). The monoisotopic (exact) mass is 335 g/mol. The Morgan fingerprint density at radius 3 is 2.83 bits per heavy atom. The third kappa shape index (κ3) is 2.72. The summed E-state index contributed by atoms with van der Waals surface area (Å²) in [7, 11) is 0. The third-order valence-electron chi connectivity index (χ3n) is 2.95. The standard InChI is InChI=1S/C12H14BrNO3.ClH/c1-12(2)6-17-11(16)14-10(12)7-4-3-5-8(13)9(7)15;/h3-5,10,15H,6H2,1-2H3,(H,14,16);1H/t10-;/m1./s1. The first-order chi connectivity index (χ1) is 7.92. The van der Waals surface area contributed by atoms with E-state index in [1.807, 2.05) is 19.9 Å². The highest BCUT2D eigenvalue weighted by molar-refractivity contribution is 9.10. The highest BCUT2D eigenvalue weighted by atomic mass is 79.9. The molecular formula is C12H15BrClNO3. The number of cyclic esters (lactones) is 1. The Morgan fingerprint density at radius 2 is 2.17 bits per heavy atom. The number of para-hydroxylation sites is 1. The second-order valence-electron chi connectivity index (χ2n) is 4.82. The van der Waals surface area contributed by atoms with Gasteiger partial charge in [0.05, 0.1) is 10.5 Å². The second-order valence-corrected chi connectivity index (χ2v) is 5.67. The molecule has 1 aliphatic rings. The predicted octanol–water partition coefficient (Wildman–Crippen LogP) is 3.38. The number of amides is 1. The van der Waals surface area contributed by atoms with E-state index in [4.69, 9.17) is 4.74 Å². The van der Waals surface area contributed by atoms with E-state index in [2.05, 4.69) is 21.2 Å². The first-order valence-corrected chi connectivity index (χ1v) is 6.12. The van der Waals surface area contributed by atoms with Crippen molar-refractivity contribution >= 4 is 34.4 Å². The number of carbonyl (C=O) groups excluding carboxylic acids is 1. The minimum absolute atomic E-state index is 0. The Hall–Kier alpha value is -0.940. The molecule has 0 radical (unpaired) electrons. The number of aromatic hydroxyl groups is 1. The van der Waals surface area contributed by atoms with Crippen molar-refractivity contribution in [2.24, 2.45) is 5.41 Å². The van der Waals surface area contributed by atoms with Gasteiger partial charge in [0.1, 0.15) is 12.4 Å². The van der Waals surface area contributed by atoms with E-state index in [1.165, 1.54) is 0 Å². The molecule has 1 heterocycles. The van der Waals surface area contributed by atoms with E-state index < -0.39 is 6.09 Å². The zero-order valence-electron chi connectivity index (χ0n) is 10.1. The van der Waals surface area contributed by atoms with Crippen LogP contribution in [0.1, 0.15) is 25.5 Å². The molecule has 0 aromatic heterocycles. The van der Waals surface area contributed by atoms with Crippen LogP contribution in [-0.4, -0.2) is 17.8 Å². The highest BCUT2D eigenvalue weighted by Gasteiger charge is 2.39. The van der Waals surface area contributed by atoms with Gasteiger partial charge in [-0.05, 0) is 22.0 Å². The summed E-state index contributed by atoms with van der Waals surface area (Å²) in [6, 6.07) is 5.13. The largest absolute Gasteiger partial charge is 0.506 e. The summed E-state index contributed by atoms with van der Waals surface area (Å²) in [5, 5.41) is 12.8. The molecule has 1 fully saturated rings. The minimum Gasteiger partial charge on any atom is -0.506 e. The number of hydrogen-bond acceptors (Lipinski definition) is 3. The van der Waals surface area contributed by atoms with Crippen molar-refractivity contribution in [2.75, 3.05) is 6.61 Å². The van der Waals surface area contributed by atoms with Gasteiger partial charge in [0.15, 0.2) is 0 Å². The Morgan fingerprint density at radius 1 is 1.50 bits per heavy atom. The molecule has 0 saturated carbocycles. The van der Waals surface area contributed by atoms with Gasteiger partial charge in [0.2, 0.25) is 0 Å². The molecule has 18 heavy (non-hydrogen) atoms. The minimum atomic E-state index is -0.450. The lowest BCUT2D eigenvalue weighted by molar-refractivity contribution is 0.0381. The summed E-state index contributed by atoms with van der Waals surface area (Å²) in [6.07, 6.45) is -0.450. The lowest BCUT2D eigenvalue weighted by Gasteiger charge is -2.38. The van der Waals surface area contributed by atoms with Gasteiger partial charge in [0, 0.05) is 11.0 Å². The first-order valence-electron chi connectivity index (χ1n) is 5.32. The summed E-state index contributed by atoms with van der Waals surface area (Å²) in [5.41, 5.74) is 0.424. The fraction of sp³-hybridized carbons (Fsp3) is 0.417. The van der Waals surface area contributed by atoms with Crippen LogP contribution >= 0.6 is 28.3 Å². The van der Waals surface area contributed by atoms with Crippen molar-refractivity contribution in [1.82, 2.24) is 5.32 Å². The van der Waals surface area contributed by atoms with Crippen LogP contribution in [-0.2, 0) is 4.74 Å². The molecule has 1 atom stereocenters. The average Bonchev–Trinajstić information content (AvgIpc) is 2.26. The second kappa shape index (κ2) is 5.36. The van der Waals surface area contributed by atoms with Crippen molar-refractivity contribution < 1.29 is 14.6 Å². The van der Waals surface area contributed by atoms with E-state index in [0.717, 1.165) is 0 Å². The highest BCUT2D eigenvalue weighted by Crippen LogP contribution is 2.41. The third-order valence-corrected chi connectivity index (χ3v) is 3.59. The van der Waals surface area contributed by atoms with Crippen LogP contribution < -0.4 is 5.32 Å². The molecule has 2 N–H and O–H groups in total. The number of ether oxygens (including phenoxy) is 1. The summed E-state index contributed by atoms with van der Waals surface area (Å²) in [4.78, 5) is 11.3. The van der Waals surface area contributed by atoms with E-state index >= 15 is 0 Å². The Balaban J connectivity index is 0.00000162. The maximum Gasteiger partial charge on any atom is 0.407 e. The number of rotatable bonds is 1. The fourth-order valence-corrected chi connectivity index (χ4v) is 2.33. The van der Waals surface area contributed by atoms with E-state index in [0.29, 0.717) is 16.6 Å². The number of hydrogen-bond donors (Lipinski definition) is 2. The zero-order valence-corrected chi connectivity index (χ0v) is 12.5. The smallest absolute Gasteiger partial charge is 0.407 e. The topological polar surface area (TPSA) is 58.6 Å². The van der Waals surface area contributed by atoms with Crippen molar-refractivity contribution in [1.29, 1.82) is 0 Å². The van der Waals surface area contributed by atoms with Crippen molar-refractivity contribution in [3.63, 3.8) is 0 Å².